The molecule has 7 heteroatoms. The topological polar surface area (TPSA) is 88.0 Å². The number of carbonyl (C=O) groups is 2. The minimum absolute atomic E-state index is 0.0929. The summed E-state index contributed by atoms with van der Waals surface area (Å²) >= 11 is 0. The molecule has 0 unspecified atom stereocenters. The molecule has 0 saturated carbocycles. The van der Waals surface area contributed by atoms with Crippen LogP contribution in [0.5, 0.6) is 0 Å². The minimum atomic E-state index is -0.229. The van der Waals surface area contributed by atoms with Gasteiger partial charge >= 0.3 is 6.03 Å². The molecular weight excluding hydrogens is 390 g/mol. The van der Waals surface area contributed by atoms with E-state index in [1.165, 1.54) is 0 Å². The van der Waals surface area contributed by atoms with Crippen LogP contribution >= 0.6 is 0 Å². The molecule has 0 atom stereocenters. The second-order valence-corrected chi connectivity index (χ2v) is 7.59. The highest BCUT2D eigenvalue weighted by molar-refractivity contribution is 5.92. The molecule has 0 fully saturated rings. The van der Waals surface area contributed by atoms with Crippen LogP contribution in [-0.2, 0) is 17.8 Å². The average molecular weight is 420 g/mol. The highest BCUT2D eigenvalue weighted by Crippen LogP contribution is 2.15. The molecule has 0 bridgehead atoms. The van der Waals surface area contributed by atoms with Crippen LogP contribution < -0.4 is 16.0 Å². The Kier molecular flexibility index (Phi) is 7.43. The molecule has 0 radical (unpaired) electrons. The SMILES string of the molecule is CCCNC(=O)Nc1ccc(CC(=O)Nc2cccc(Cn3nc(C)cc3C)c2)cc1. The highest BCUT2D eigenvalue weighted by atomic mass is 16.2. The lowest BCUT2D eigenvalue weighted by molar-refractivity contribution is -0.115. The maximum Gasteiger partial charge on any atom is 0.319 e. The van der Waals surface area contributed by atoms with Crippen molar-refractivity contribution in [3.8, 4) is 0 Å². The largest absolute Gasteiger partial charge is 0.338 e. The van der Waals surface area contributed by atoms with E-state index in [-0.39, 0.29) is 18.4 Å². The lowest BCUT2D eigenvalue weighted by Crippen LogP contribution is -2.29. The second kappa shape index (κ2) is 10.4. The molecule has 1 heterocycles. The van der Waals surface area contributed by atoms with Crippen LogP contribution in [0.15, 0.2) is 54.6 Å². The molecular formula is C24H29N5O2. The van der Waals surface area contributed by atoms with Gasteiger partial charge in [0.05, 0.1) is 18.7 Å². The van der Waals surface area contributed by atoms with Crippen LogP contribution in [0, 0.1) is 13.8 Å². The van der Waals surface area contributed by atoms with Gasteiger partial charge in [-0.25, -0.2) is 4.79 Å². The zero-order chi connectivity index (χ0) is 22.2. The van der Waals surface area contributed by atoms with Gasteiger partial charge < -0.3 is 16.0 Å². The molecule has 1 aromatic heterocycles. The molecule has 3 amide bonds. The fourth-order valence-corrected chi connectivity index (χ4v) is 3.27. The van der Waals surface area contributed by atoms with Gasteiger partial charge in [0, 0.05) is 23.6 Å². The quantitative estimate of drug-likeness (QED) is 0.510. The first-order valence-electron chi connectivity index (χ1n) is 10.5. The number of rotatable bonds is 8. The molecule has 0 saturated heterocycles. The number of anilines is 2. The Labute approximate surface area is 182 Å². The maximum absolute atomic E-state index is 12.5. The normalized spacial score (nSPS) is 10.5. The van der Waals surface area contributed by atoms with Gasteiger partial charge in [0.15, 0.2) is 0 Å². The summed E-state index contributed by atoms with van der Waals surface area (Å²) in [5.41, 5.74) is 5.48. The second-order valence-electron chi connectivity index (χ2n) is 7.59. The smallest absolute Gasteiger partial charge is 0.319 e. The van der Waals surface area contributed by atoms with E-state index in [4.69, 9.17) is 0 Å². The Morgan fingerprint density at radius 1 is 0.935 bits per heavy atom. The number of aryl methyl sites for hydroxylation is 2. The fraction of sp³-hybridized carbons (Fsp3) is 0.292. The van der Waals surface area contributed by atoms with Gasteiger partial charge in [-0.2, -0.15) is 5.10 Å². The van der Waals surface area contributed by atoms with E-state index in [2.05, 4.69) is 21.0 Å². The summed E-state index contributed by atoms with van der Waals surface area (Å²) in [4.78, 5) is 24.2. The van der Waals surface area contributed by atoms with E-state index in [1.807, 2.05) is 67.9 Å². The molecule has 3 aromatic rings. The Hall–Kier alpha value is -3.61. The lowest BCUT2D eigenvalue weighted by Gasteiger charge is -2.10. The molecule has 0 aliphatic heterocycles. The molecule has 3 rings (SSSR count). The van der Waals surface area contributed by atoms with Crippen molar-refractivity contribution in [3.05, 3.63) is 77.1 Å². The van der Waals surface area contributed by atoms with Crippen molar-refractivity contribution in [1.29, 1.82) is 0 Å². The lowest BCUT2D eigenvalue weighted by atomic mass is 10.1. The van der Waals surface area contributed by atoms with Crippen LogP contribution in [0.2, 0.25) is 0 Å². The first kappa shape index (κ1) is 22.1. The van der Waals surface area contributed by atoms with Crippen molar-refractivity contribution < 1.29 is 9.59 Å². The highest BCUT2D eigenvalue weighted by Gasteiger charge is 2.07. The van der Waals surface area contributed by atoms with Crippen LogP contribution in [0.25, 0.3) is 0 Å². The number of aromatic nitrogens is 2. The third-order valence-electron chi connectivity index (χ3n) is 4.76. The van der Waals surface area contributed by atoms with Crippen molar-refractivity contribution in [3.63, 3.8) is 0 Å². The summed E-state index contributed by atoms with van der Waals surface area (Å²) in [7, 11) is 0. The van der Waals surface area contributed by atoms with Crippen molar-refractivity contribution >= 4 is 23.3 Å². The van der Waals surface area contributed by atoms with Crippen molar-refractivity contribution in [2.75, 3.05) is 17.2 Å². The number of carbonyl (C=O) groups excluding carboxylic acids is 2. The number of benzene rings is 2. The number of nitrogens with one attached hydrogen (secondary N) is 3. The predicted octanol–water partition coefficient (Wildman–Crippen LogP) is 4.26. The van der Waals surface area contributed by atoms with Gasteiger partial charge in [-0.1, -0.05) is 31.2 Å². The van der Waals surface area contributed by atoms with Gasteiger partial charge in [0.2, 0.25) is 5.91 Å². The Morgan fingerprint density at radius 2 is 1.71 bits per heavy atom. The Bertz CT molecular complexity index is 1040. The summed E-state index contributed by atoms with van der Waals surface area (Å²) < 4.78 is 1.95. The van der Waals surface area contributed by atoms with E-state index < -0.39 is 0 Å². The van der Waals surface area contributed by atoms with E-state index in [0.29, 0.717) is 18.8 Å². The van der Waals surface area contributed by atoms with Crippen LogP contribution in [-0.4, -0.2) is 28.3 Å². The summed E-state index contributed by atoms with van der Waals surface area (Å²) in [6.45, 7) is 7.29. The summed E-state index contributed by atoms with van der Waals surface area (Å²) in [5.74, 6) is -0.0929. The minimum Gasteiger partial charge on any atom is -0.338 e. The first-order valence-corrected chi connectivity index (χ1v) is 10.5. The monoisotopic (exact) mass is 419 g/mol. The molecule has 0 spiro atoms. The standard InChI is InChI=1S/C24H29N5O2/c1-4-12-25-24(31)27-21-10-8-19(9-11-21)15-23(30)26-22-7-5-6-20(14-22)16-29-18(3)13-17(2)28-29/h5-11,13-14H,4,12,15-16H2,1-3H3,(H,26,30)(H2,25,27,31). The number of hydrogen-bond acceptors (Lipinski definition) is 3. The number of hydrogen-bond donors (Lipinski definition) is 3. The van der Waals surface area contributed by atoms with Crippen molar-refractivity contribution in [2.45, 2.75) is 40.2 Å². The van der Waals surface area contributed by atoms with E-state index in [9.17, 15) is 9.59 Å². The van der Waals surface area contributed by atoms with Crippen LogP contribution in [0.4, 0.5) is 16.2 Å². The third-order valence-corrected chi connectivity index (χ3v) is 4.76. The summed E-state index contributed by atoms with van der Waals surface area (Å²) in [6.07, 6.45) is 1.14. The average Bonchev–Trinajstić information content (AvgIpc) is 3.04. The first-order chi connectivity index (χ1) is 14.9. The molecule has 31 heavy (non-hydrogen) atoms. The molecule has 7 nitrogen and oxygen atoms in total. The van der Waals surface area contributed by atoms with E-state index >= 15 is 0 Å². The molecule has 2 aromatic carbocycles. The summed E-state index contributed by atoms with van der Waals surface area (Å²) in [5, 5.41) is 13.0. The summed E-state index contributed by atoms with van der Waals surface area (Å²) in [6, 6.07) is 16.9. The fourth-order valence-electron chi connectivity index (χ4n) is 3.27. The zero-order valence-electron chi connectivity index (χ0n) is 18.2. The van der Waals surface area contributed by atoms with Gasteiger partial charge in [0.1, 0.15) is 0 Å². The molecule has 0 aliphatic carbocycles. The molecule has 162 valence electrons. The van der Waals surface area contributed by atoms with Gasteiger partial charge in [-0.05, 0) is 61.7 Å². The van der Waals surface area contributed by atoms with Crippen molar-refractivity contribution in [2.24, 2.45) is 0 Å². The van der Waals surface area contributed by atoms with Crippen LogP contribution in [0.1, 0.15) is 35.9 Å². The van der Waals surface area contributed by atoms with Gasteiger partial charge in [0.25, 0.3) is 0 Å². The van der Waals surface area contributed by atoms with Crippen molar-refractivity contribution in [1.82, 2.24) is 15.1 Å². The Morgan fingerprint density at radius 3 is 2.39 bits per heavy atom. The molecule has 0 aliphatic rings. The number of nitrogens with zero attached hydrogens (tertiary/aromatic N) is 2. The van der Waals surface area contributed by atoms with Gasteiger partial charge in [-0.15, -0.1) is 0 Å². The van der Waals surface area contributed by atoms with E-state index in [0.717, 1.165) is 34.6 Å². The van der Waals surface area contributed by atoms with E-state index in [1.54, 1.807) is 12.1 Å². The zero-order valence-corrected chi connectivity index (χ0v) is 18.2. The number of amides is 3. The number of urea groups is 1. The Balaban J connectivity index is 1.54. The van der Waals surface area contributed by atoms with Gasteiger partial charge in [-0.3, -0.25) is 9.48 Å². The molecule has 3 N–H and O–H groups in total. The predicted molar refractivity (Wildman–Crippen MR) is 123 cm³/mol. The van der Waals surface area contributed by atoms with Crippen LogP contribution in [0.3, 0.4) is 0 Å². The third kappa shape index (κ3) is 6.70. The maximum atomic E-state index is 12.5.